The summed E-state index contributed by atoms with van der Waals surface area (Å²) in [6.07, 6.45) is 3.97. The average molecular weight is 322 g/mol. The molecule has 0 saturated heterocycles. The molecule has 1 atom stereocenters. The Kier molecular flexibility index (Phi) is 5.96. The van der Waals surface area contributed by atoms with E-state index in [1.54, 1.807) is 25.2 Å². The third-order valence-electron chi connectivity index (χ3n) is 4.40. The third-order valence-corrected chi connectivity index (χ3v) is 4.40. The lowest BCUT2D eigenvalue weighted by atomic mass is 9.91. The molecule has 6 heteroatoms. The zero-order valence-electron chi connectivity index (χ0n) is 13.3. The number of hydrogen-bond acceptors (Lipinski definition) is 2. The standard InChI is InChI=1S/C17H23FN2O3/c1-20(11-10-15(21)22)17(23)19-16(12-6-2-3-7-12)13-8-4-5-9-14(13)18/h4-5,8-9,12,16H,2-3,6-7,10-11H2,1H3,(H,19,23)(H,21,22). The van der Waals surface area contributed by atoms with E-state index in [1.165, 1.54) is 11.0 Å². The van der Waals surface area contributed by atoms with Crippen LogP contribution in [-0.4, -0.2) is 35.6 Å². The van der Waals surface area contributed by atoms with Crippen LogP contribution in [0.3, 0.4) is 0 Å². The van der Waals surface area contributed by atoms with Crippen LogP contribution in [0.2, 0.25) is 0 Å². The molecule has 2 amide bonds. The van der Waals surface area contributed by atoms with Gasteiger partial charge in [0.1, 0.15) is 5.82 Å². The van der Waals surface area contributed by atoms with Crippen LogP contribution < -0.4 is 5.32 Å². The van der Waals surface area contributed by atoms with Crippen molar-refractivity contribution >= 4 is 12.0 Å². The monoisotopic (exact) mass is 322 g/mol. The van der Waals surface area contributed by atoms with Crippen LogP contribution in [0, 0.1) is 11.7 Å². The molecule has 2 N–H and O–H groups in total. The first kappa shape index (κ1) is 17.2. The van der Waals surface area contributed by atoms with E-state index in [-0.39, 0.29) is 36.8 Å². The van der Waals surface area contributed by atoms with Gasteiger partial charge in [-0.05, 0) is 24.8 Å². The van der Waals surface area contributed by atoms with Crippen molar-refractivity contribution in [2.24, 2.45) is 5.92 Å². The van der Waals surface area contributed by atoms with Gasteiger partial charge in [0.15, 0.2) is 0 Å². The van der Waals surface area contributed by atoms with Crippen LogP contribution in [-0.2, 0) is 4.79 Å². The van der Waals surface area contributed by atoms with Gasteiger partial charge in [0.2, 0.25) is 0 Å². The van der Waals surface area contributed by atoms with Crippen molar-refractivity contribution in [3.05, 3.63) is 35.6 Å². The fraction of sp³-hybridized carbons (Fsp3) is 0.529. The molecule has 0 spiro atoms. The molecular weight excluding hydrogens is 299 g/mol. The second-order valence-electron chi connectivity index (χ2n) is 6.06. The Bertz CT molecular complexity index is 559. The SMILES string of the molecule is CN(CCC(=O)O)C(=O)NC(c1ccccc1F)C1CCCC1. The topological polar surface area (TPSA) is 69.6 Å². The fourth-order valence-electron chi connectivity index (χ4n) is 3.08. The number of carbonyl (C=O) groups excluding carboxylic acids is 1. The number of aliphatic carboxylic acids is 1. The zero-order valence-corrected chi connectivity index (χ0v) is 13.3. The smallest absolute Gasteiger partial charge is 0.317 e. The Balaban J connectivity index is 2.10. The summed E-state index contributed by atoms with van der Waals surface area (Å²) in [7, 11) is 1.55. The molecule has 5 nitrogen and oxygen atoms in total. The summed E-state index contributed by atoms with van der Waals surface area (Å²) in [5.41, 5.74) is 0.499. The maximum Gasteiger partial charge on any atom is 0.317 e. The first-order valence-corrected chi connectivity index (χ1v) is 7.97. The highest BCUT2D eigenvalue weighted by atomic mass is 19.1. The molecule has 1 aliphatic rings. The minimum Gasteiger partial charge on any atom is -0.481 e. The number of urea groups is 1. The van der Waals surface area contributed by atoms with E-state index in [0.29, 0.717) is 5.56 Å². The van der Waals surface area contributed by atoms with Crippen molar-refractivity contribution in [1.82, 2.24) is 10.2 Å². The van der Waals surface area contributed by atoms with Crippen LogP contribution in [0.25, 0.3) is 0 Å². The second kappa shape index (κ2) is 7.94. The van der Waals surface area contributed by atoms with E-state index in [0.717, 1.165) is 25.7 Å². The predicted molar refractivity (Wildman–Crippen MR) is 84.5 cm³/mol. The Labute approximate surface area is 135 Å². The molecule has 1 aliphatic carbocycles. The number of halogens is 1. The second-order valence-corrected chi connectivity index (χ2v) is 6.06. The maximum absolute atomic E-state index is 14.2. The number of rotatable bonds is 6. The van der Waals surface area contributed by atoms with E-state index in [9.17, 15) is 14.0 Å². The van der Waals surface area contributed by atoms with E-state index < -0.39 is 5.97 Å². The first-order chi connectivity index (χ1) is 11.0. The van der Waals surface area contributed by atoms with Crippen molar-refractivity contribution in [2.45, 2.75) is 38.1 Å². The van der Waals surface area contributed by atoms with Crippen molar-refractivity contribution in [3.8, 4) is 0 Å². The number of nitrogens with one attached hydrogen (secondary N) is 1. The van der Waals surface area contributed by atoms with Crippen LogP contribution in [0.1, 0.15) is 43.7 Å². The van der Waals surface area contributed by atoms with Crippen LogP contribution in [0.4, 0.5) is 9.18 Å². The van der Waals surface area contributed by atoms with Gasteiger partial charge in [-0.15, -0.1) is 0 Å². The maximum atomic E-state index is 14.2. The van der Waals surface area contributed by atoms with Gasteiger partial charge in [0, 0.05) is 19.2 Å². The van der Waals surface area contributed by atoms with Crippen molar-refractivity contribution in [1.29, 1.82) is 0 Å². The summed E-state index contributed by atoms with van der Waals surface area (Å²) in [5, 5.41) is 11.6. The molecule has 1 fully saturated rings. The van der Waals surface area contributed by atoms with Gasteiger partial charge in [0.25, 0.3) is 0 Å². The van der Waals surface area contributed by atoms with Crippen LogP contribution in [0.5, 0.6) is 0 Å². The zero-order chi connectivity index (χ0) is 16.8. The van der Waals surface area contributed by atoms with Crippen molar-refractivity contribution in [3.63, 3.8) is 0 Å². The quantitative estimate of drug-likeness (QED) is 0.845. The number of hydrogen-bond donors (Lipinski definition) is 2. The number of carboxylic acids is 1. The van der Waals surface area contributed by atoms with Gasteiger partial charge >= 0.3 is 12.0 Å². The minimum atomic E-state index is -0.953. The Morgan fingerprint density at radius 2 is 2.00 bits per heavy atom. The molecule has 1 aromatic carbocycles. The third kappa shape index (κ3) is 4.68. The number of carbonyl (C=O) groups is 2. The van der Waals surface area contributed by atoms with E-state index in [2.05, 4.69) is 5.32 Å². The molecule has 0 aliphatic heterocycles. The molecule has 0 heterocycles. The molecule has 0 bridgehead atoms. The van der Waals surface area contributed by atoms with Gasteiger partial charge in [0.05, 0.1) is 12.5 Å². The Hall–Kier alpha value is -2.11. The molecule has 0 aromatic heterocycles. The molecule has 126 valence electrons. The lowest BCUT2D eigenvalue weighted by Gasteiger charge is -2.28. The normalized spacial score (nSPS) is 16.1. The minimum absolute atomic E-state index is 0.113. The van der Waals surface area contributed by atoms with E-state index >= 15 is 0 Å². The van der Waals surface area contributed by atoms with Gasteiger partial charge in [-0.25, -0.2) is 9.18 Å². The lowest BCUT2D eigenvalue weighted by molar-refractivity contribution is -0.137. The van der Waals surface area contributed by atoms with Crippen molar-refractivity contribution < 1.29 is 19.1 Å². The Morgan fingerprint density at radius 1 is 1.35 bits per heavy atom. The number of benzene rings is 1. The van der Waals surface area contributed by atoms with Gasteiger partial charge in [-0.2, -0.15) is 0 Å². The van der Waals surface area contributed by atoms with Crippen LogP contribution in [0.15, 0.2) is 24.3 Å². The summed E-state index contributed by atoms with van der Waals surface area (Å²) in [6, 6.07) is 5.75. The summed E-state index contributed by atoms with van der Waals surface area (Å²) in [4.78, 5) is 24.3. The highest BCUT2D eigenvalue weighted by molar-refractivity contribution is 5.75. The summed E-state index contributed by atoms with van der Waals surface area (Å²) in [5.74, 6) is -1.06. The molecule has 1 aromatic rings. The molecule has 2 rings (SSSR count). The average Bonchev–Trinajstić information content (AvgIpc) is 3.05. The number of carboxylic acid groups (broad SMARTS) is 1. The largest absolute Gasteiger partial charge is 0.481 e. The first-order valence-electron chi connectivity index (χ1n) is 7.97. The van der Waals surface area contributed by atoms with E-state index in [4.69, 9.17) is 5.11 Å². The number of amides is 2. The summed E-state index contributed by atoms with van der Waals surface area (Å²) >= 11 is 0. The van der Waals surface area contributed by atoms with Gasteiger partial charge in [-0.1, -0.05) is 31.0 Å². The highest BCUT2D eigenvalue weighted by Crippen LogP contribution is 2.36. The Morgan fingerprint density at radius 3 is 2.61 bits per heavy atom. The van der Waals surface area contributed by atoms with Crippen LogP contribution >= 0.6 is 0 Å². The molecule has 1 unspecified atom stereocenters. The lowest BCUT2D eigenvalue weighted by Crippen LogP contribution is -2.42. The van der Waals surface area contributed by atoms with Crippen molar-refractivity contribution in [2.75, 3.05) is 13.6 Å². The molecule has 23 heavy (non-hydrogen) atoms. The summed E-state index contributed by atoms with van der Waals surface area (Å²) in [6.45, 7) is 0.121. The molecule has 0 radical (unpaired) electrons. The van der Waals surface area contributed by atoms with Gasteiger partial charge < -0.3 is 15.3 Å². The molecule has 1 saturated carbocycles. The van der Waals surface area contributed by atoms with Gasteiger partial charge in [-0.3, -0.25) is 4.79 Å². The number of nitrogens with zero attached hydrogens (tertiary/aromatic N) is 1. The van der Waals surface area contributed by atoms with E-state index in [1.807, 2.05) is 0 Å². The fourth-order valence-corrected chi connectivity index (χ4v) is 3.08. The summed E-state index contributed by atoms with van der Waals surface area (Å²) < 4.78 is 14.2. The highest BCUT2D eigenvalue weighted by Gasteiger charge is 2.30. The predicted octanol–water partition coefficient (Wildman–Crippen LogP) is 3.17. The molecular formula is C17H23FN2O3.